The Labute approximate surface area is 196 Å². The Balaban J connectivity index is 0.00000289. The molecule has 0 aliphatic carbocycles. The standard InChI is InChI=1S/C23H23FN4O2S.ClH/c1-29-20-13-16(8-9-19(20)30-15-17-5-2-3-6-18(17)24)14-28(12-10-25)23-27-22-21(31-23)7-4-11-26-22;/h2-9,11,13H,10,12,14-15,25H2,1H3;1H. The summed E-state index contributed by atoms with van der Waals surface area (Å²) in [5.41, 5.74) is 8.10. The van der Waals surface area contributed by atoms with Crippen molar-refractivity contribution in [1.82, 2.24) is 9.97 Å². The van der Waals surface area contributed by atoms with Crippen molar-refractivity contribution in [3.63, 3.8) is 0 Å². The summed E-state index contributed by atoms with van der Waals surface area (Å²) in [6.07, 6.45) is 1.74. The Hall–Kier alpha value is -2.94. The van der Waals surface area contributed by atoms with E-state index in [2.05, 4.69) is 14.9 Å². The van der Waals surface area contributed by atoms with E-state index in [0.717, 1.165) is 21.0 Å². The zero-order chi connectivity index (χ0) is 21.6. The van der Waals surface area contributed by atoms with Crippen LogP contribution in [-0.2, 0) is 13.2 Å². The fraction of sp³-hybridized carbons (Fsp3) is 0.217. The first kappa shape index (κ1) is 23.7. The molecule has 32 heavy (non-hydrogen) atoms. The van der Waals surface area contributed by atoms with Crippen molar-refractivity contribution in [1.29, 1.82) is 0 Å². The lowest BCUT2D eigenvalue weighted by Gasteiger charge is -2.21. The van der Waals surface area contributed by atoms with Crippen LogP contribution in [0.15, 0.2) is 60.8 Å². The minimum atomic E-state index is -0.291. The molecule has 0 bridgehead atoms. The molecule has 0 spiro atoms. The highest BCUT2D eigenvalue weighted by Crippen LogP contribution is 2.32. The Morgan fingerprint density at radius 1 is 1.09 bits per heavy atom. The van der Waals surface area contributed by atoms with Gasteiger partial charge in [0.1, 0.15) is 12.4 Å². The SMILES string of the molecule is COc1cc(CN(CCN)c2nc3ncccc3s2)ccc1OCc1ccccc1F.Cl. The number of pyridine rings is 1. The molecule has 2 aromatic carbocycles. The zero-order valence-corrected chi connectivity index (χ0v) is 19.2. The quantitative estimate of drug-likeness (QED) is 0.375. The molecule has 168 valence electrons. The molecule has 0 fully saturated rings. The molecule has 2 N–H and O–H groups in total. The fourth-order valence-corrected chi connectivity index (χ4v) is 4.16. The number of fused-ring (bicyclic) bond motifs is 1. The minimum absolute atomic E-state index is 0. The summed E-state index contributed by atoms with van der Waals surface area (Å²) >= 11 is 1.59. The first-order valence-electron chi connectivity index (χ1n) is 9.87. The van der Waals surface area contributed by atoms with Gasteiger partial charge in [0.2, 0.25) is 0 Å². The van der Waals surface area contributed by atoms with Crippen molar-refractivity contribution in [2.24, 2.45) is 5.73 Å². The van der Waals surface area contributed by atoms with Crippen LogP contribution < -0.4 is 20.1 Å². The van der Waals surface area contributed by atoms with Crippen LogP contribution in [0, 0.1) is 5.82 Å². The Kier molecular flexibility index (Phi) is 8.21. The summed E-state index contributed by atoms with van der Waals surface area (Å²) in [6, 6.07) is 16.2. The van der Waals surface area contributed by atoms with Gasteiger partial charge in [-0.2, -0.15) is 4.98 Å². The van der Waals surface area contributed by atoms with Crippen molar-refractivity contribution in [3.05, 3.63) is 77.7 Å². The van der Waals surface area contributed by atoms with Crippen LogP contribution in [-0.4, -0.2) is 30.2 Å². The van der Waals surface area contributed by atoms with Crippen molar-refractivity contribution in [2.45, 2.75) is 13.2 Å². The molecule has 2 heterocycles. The zero-order valence-electron chi connectivity index (χ0n) is 17.5. The number of thiazole rings is 1. The maximum Gasteiger partial charge on any atom is 0.188 e. The van der Waals surface area contributed by atoms with Gasteiger partial charge in [0, 0.05) is 31.4 Å². The highest BCUT2D eigenvalue weighted by atomic mass is 35.5. The summed E-state index contributed by atoms with van der Waals surface area (Å²) in [5.74, 6) is 0.859. The number of ether oxygens (including phenoxy) is 2. The molecule has 4 aromatic rings. The Morgan fingerprint density at radius 3 is 2.69 bits per heavy atom. The van der Waals surface area contributed by atoms with Gasteiger partial charge in [0.05, 0.1) is 11.8 Å². The normalized spacial score (nSPS) is 10.6. The smallest absolute Gasteiger partial charge is 0.188 e. The second-order valence-corrected chi connectivity index (χ2v) is 7.91. The molecule has 6 nitrogen and oxygen atoms in total. The molecule has 4 rings (SSSR count). The second-order valence-electron chi connectivity index (χ2n) is 6.90. The number of hydrogen-bond donors (Lipinski definition) is 1. The van der Waals surface area contributed by atoms with E-state index < -0.39 is 0 Å². The third-order valence-corrected chi connectivity index (χ3v) is 5.84. The molecule has 0 unspecified atom stereocenters. The topological polar surface area (TPSA) is 73.5 Å². The van der Waals surface area contributed by atoms with Crippen molar-refractivity contribution in [3.8, 4) is 11.5 Å². The van der Waals surface area contributed by atoms with E-state index in [1.54, 1.807) is 42.8 Å². The number of aromatic nitrogens is 2. The lowest BCUT2D eigenvalue weighted by atomic mass is 10.2. The summed E-state index contributed by atoms with van der Waals surface area (Å²) in [5, 5.41) is 0.873. The molecule has 0 radical (unpaired) electrons. The Morgan fingerprint density at radius 2 is 1.94 bits per heavy atom. The summed E-state index contributed by atoms with van der Waals surface area (Å²) in [7, 11) is 1.59. The Bertz CT molecular complexity index is 1140. The van der Waals surface area contributed by atoms with Crippen LogP contribution in [0.1, 0.15) is 11.1 Å². The molecular weight excluding hydrogens is 451 g/mol. The number of nitrogens with two attached hydrogens (primary N) is 1. The van der Waals surface area contributed by atoms with Crippen LogP contribution in [0.3, 0.4) is 0 Å². The van der Waals surface area contributed by atoms with Crippen molar-refractivity contribution >= 4 is 39.2 Å². The first-order valence-corrected chi connectivity index (χ1v) is 10.7. The molecule has 0 aliphatic rings. The molecule has 0 amide bonds. The highest BCUT2D eigenvalue weighted by molar-refractivity contribution is 7.22. The number of nitrogens with zero attached hydrogens (tertiary/aromatic N) is 3. The predicted octanol–water partition coefficient (Wildman–Crippen LogP) is 4.81. The monoisotopic (exact) mass is 474 g/mol. The lowest BCUT2D eigenvalue weighted by molar-refractivity contribution is 0.279. The maximum atomic E-state index is 13.9. The van der Waals surface area contributed by atoms with E-state index in [0.29, 0.717) is 36.7 Å². The lowest BCUT2D eigenvalue weighted by Crippen LogP contribution is -2.28. The van der Waals surface area contributed by atoms with E-state index in [9.17, 15) is 4.39 Å². The summed E-state index contributed by atoms with van der Waals surface area (Å²) < 4.78 is 26.2. The van der Waals surface area contributed by atoms with E-state index >= 15 is 0 Å². The van der Waals surface area contributed by atoms with Crippen LogP contribution >= 0.6 is 23.7 Å². The number of anilines is 1. The van der Waals surface area contributed by atoms with Crippen molar-refractivity contribution in [2.75, 3.05) is 25.1 Å². The average molecular weight is 475 g/mol. The van der Waals surface area contributed by atoms with Gasteiger partial charge in [-0.1, -0.05) is 35.6 Å². The van der Waals surface area contributed by atoms with Crippen LogP contribution in [0.25, 0.3) is 10.3 Å². The van der Waals surface area contributed by atoms with E-state index in [4.69, 9.17) is 15.2 Å². The average Bonchev–Trinajstić information content (AvgIpc) is 3.23. The highest BCUT2D eigenvalue weighted by Gasteiger charge is 2.15. The fourth-order valence-electron chi connectivity index (χ4n) is 3.21. The number of rotatable bonds is 9. The van der Waals surface area contributed by atoms with Gasteiger partial charge < -0.3 is 20.1 Å². The number of methoxy groups -OCH3 is 1. The largest absolute Gasteiger partial charge is 0.493 e. The van der Waals surface area contributed by atoms with E-state index in [-0.39, 0.29) is 24.8 Å². The minimum Gasteiger partial charge on any atom is -0.493 e. The van der Waals surface area contributed by atoms with Gasteiger partial charge in [-0.3, -0.25) is 0 Å². The predicted molar refractivity (Wildman–Crippen MR) is 128 cm³/mol. The molecule has 9 heteroatoms. The van der Waals surface area contributed by atoms with Gasteiger partial charge in [-0.05, 0) is 35.9 Å². The summed E-state index contributed by atoms with van der Waals surface area (Å²) in [4.78, 5) is 11.1. The molecule has 0 saturated carbocycles. The van der Waals surface area contributed by atoms with Gasteiger partial charge in [0.25, 0.3) is 0 Å². The van der Waals surface area contributed by atoms with Gasteiger partial charge in [-0.15, -0.1) is 12.4 Å². The van der Waals surface area contributed by atoms with Gasteiger partial charge in [-0.25, -0.2) is 9.37 Å². The molecule has 0 aliphatic heterocycles. The van der Waals surface area contributed by atoms with Crippen LogP contribution in [0.2, 0.25) is 0 Å². The third kappa shape index (κ3) is 5.45. The number of halogens is 2. The van der Waals surface area contributed by atoms with Gasteiger partial charge in [0.15, 0.2) is 22.3 Å². The van der Waals surface area contributed by atoms with E-state index in [1.807, 2.05) is 30.3 Å². The van der Waals surface area contributed by atoms with E-state index in [1.165, 1.54) is 6.07 Å². The molecule has 0 saturated heterocycles. The first-order chi connectivity index (χ1) is 15.2. The van der Waals surface area contributed by atoms with Crippen LogP contribution in [0.5, 0.6) is 11.5 Å². The molecule has 0 atom stereocenters. The number of benzene rings is 2. The van der Waals surface area contributed by atoms with Crippen LogP contribution in [0.4, 0.5) is 9.52 Å². The maximum absolute atomic E-state index is 13.9. The molecule has 2 aromatic heterocycles. The molecular formula is C23H24ClFN4O2S. The number of hydrogen-bond acceptors (Lipinski definition) is 7. The van der Waals surface area contributed by atoms with Gasteiger partial charge >= 0.3 is 0 Å². The summed E-state index contributed by atoms with van der Waals surface area (Å²) in [6.45, 7) is 1.90. The van der Waals surface area contributed by atoms with Crippen molar-refractivity contribution < 1.29 is 13.9 Å². The second kappa shape index (κ2) is 11.1. The third-order valence-electron chi connectivity index (χ3n) is 4.77.